The summed E-state index contributed by atoms with van der Waals surface area (Å²) < 4.78 is 7.27. The van der Waals surface area contributed by atoms with Gasteiger partial charge in [-0.05, 0) is 56.4 Å². The molecule has 0 saturated heterocycles. The largest absolute Gasteiger partial charge is 0.461 e. The summed E-state index contributed by atoms with van der Waals surface area (Å²) in [5.41, 5.74) is 2.67. The highest BCUT2D eigenvalue weighted by Gasteiger charge is 2.30. The molecule has 5 nitrogen and oxygen atoms in total. The molecule has 0 aliphatic heterocycles. The molecule has 1 saturated carbocycles. The maximum Gasteiger partial charge on any atom is 0.356 e. The molecule has 0 bridgehead atoms. The molecule has 5 heteroatoms. The van der Waals surface area contributed by atoms with E-state index in [4.69, 9.17) is 4.74 Å². The van der Waals surface area contributed by atoms with Crippen LogP contribution in [0.5, 0.6) is 0 Å². The van der Waals surface area contributed by atoms with E-state index >= 15 is 0 Å². The number of carbonyl (C=O) groups excluding carboxylic acids is 1. The van der Waals surface area contributed by atoms with Crippen molar-refractivity contribution >= 4 is 16.7 Å². The van der Waals surface area contributed by atoms with Gasteiger partial charge in [0, 0.05) is 18.1 Å². The number of aryl methyl sites for hydroxylation is 1. The van der Waals surface area contributed by atoms with Gasteiger partial charge in [-0.2, -0.15) is 0 Å². The van der Waals surface area contributed by atoms with Crippen molar-refractivity contribution in [2.75, 3.05) is 6.61 Å². The number of hydrogen-bond acceptors (Lipinski definition) is 4. The second-order valence-corrected chi connectivity index (χ2v) is 7.93. The van der Waals surface area contributed by atoms with Crippen molar-refractivity contribution < 1.29 is 9.53 Å². The van der Waals surface area contributed by atoms with Gasteiger partial charge in [0.1, 0.15) is 0 Å². The molecular weight excluding hydrogens is 362 g/mol. The van der Waals surface area contributed by atoms with E-state index in [1.807, 2.05) is 18.4 Å². The molecule has 29 heavy (non-hydrogen) atoms. The first-order valence-corrected chi connectivity index (χ1v) is 10.5. The monoisotopic (exact) mass is 391 g/mol. The number of hydrogen-bond donors (Lipinski definition) is 1. The minimum Gasteiger partial charge on any atom is -0.461 e. The molecule has 1 heterocycles. The molecule has 3 unspecified atom stereocenters. The van der Waals surface area contributed by atoms with Crippen molar-refractivity contribution in [3.05, 3.63) is 65.7 Å². The lowest BCUT2D eigenvalue weighted by molar-refractivity contribution is 0.0510. The van der Waals surface area contributed by atoms with E-state index in [1.165, 1.54) is 16.3 Å². The Morgan fingerprint density at radius 3 is 2.86 bits per heavy atom. The first-order chi connectivity index (χ1) is 14.1. The molecule has 2 aromatic carbocycles. The molecule has 1 N–H and O–H groups in total. The Bertz CT molecular complexity index is 1010. The van der Waals surface area contributed by atoms with Gasteiger partial charge in [0.2, 0.25) is 0 Å². The molecule has 1 aliphatic rings. The molecule has 4 rings (SSSR count). The third-order valence-corrected chi connectivity index (χ3v) is 6.02. The number of esters is 1. The Balaban J connectivity index is 1.48. The zero-order chi connectivity index (χ0) is 20.4. The van der Waals surface area contributed by atoms with Crippen LogP contribution >= 0.6 is 0 Å². The summed E-state index contributed by atoms with van der Waals surface area (Å²) in [5.74, 6) is -0.275. The third-order valence-electron chi connectivity index (χ3n) is 6.02. The smallest absolute Gasteiger partial charge is 0.356 e. The number of imidazole rings is 1. The maximum absolute atomic E-state index is 12.4. The molecule has 0 amide bonds. The average Bonchev–Trinajstić information content (AvgIpc) is 3.34. The molecule has 1 fully saturated rings. The van der Waals surface area contributed by atoms with Crippen LogP contribution in [0, 0.1) is 6.92 Å². The van der Waals surface area contributed by atoms with Crippen molar-refractivity contribution in [3.8, 4) is 0 Å². The van der Waals surface area contributed by atoms with E-state index in [-0.39, 0.29) is 18.1 Å². The van der Waals surface area contributed by atoms with Crippen molar-refractivity contribution in [2.24, 2.45) is 0 Å². The van der Waals surface area contributed by atoms with Gasteiger partial charge in [0.25, 0.3) is 0 Å². The Morgan fingerprint density at radius 1 is 1.24 bits per heavy atom. The van der Waals surface area contributed by atoms with E-state index in [0.29, 0.717) is 18.3 Å². The maximum atomic E-state index is 12.4. The van der Waals surface area contributed by atoms with Crippen molar-refractivity contribution in [1.82, 2.24) is 14.9 Å². The number of rotatable bonds is 6. The minimum atomic E-state index is -0.275. The summed E-state index contributed by atoms with van der Waals surface area (Å²) in [7, 11) is 0. The fourth-order valence-electron chi connectivity index (χ4n) is 4.62. The Kier molecular flexibility index (Phi) is 5.67. The first-order valence-electron chi connectivity index (χ1n) is 10.5. The predicted octanol–water partition coefficient (Wildman–Crippen LogP) is 4.97. The van der Waals surface area contributed by atoms with E-state index in [1.54, 1.807) is 6.33 Å². The fourth-order valence-corrected chi connectivity index (χ4v) is 4.62. The quantitative estimate of drug-likeness (QED) is 0.603. The highest BCUT2D eigenvalue weighted by atomic mass is 16.5. The SMILES string of the molecule is CCOC(=O)c1c(C)ncn1C1CCC(NC(C)c2cccc3ccccc23)C1. The number of aromatic nitrogens is 2. The van der Waals surface area contributed by atoms with Gasteiger partial charge in [-0.1, -0.05) is 42.5 Å². The highest BCUT2D eigenvalue weighted by molar-refractivity contribution is 5.89. The summed E-state index contributed by atoms with van der Waals surface area (Å²) >= 11 is 0. The van der Waals surface area contributed by atoms with Crippen LogP contribution in [0.2, 0.25) is 0 Å². The van der Waals surface area contributed by atoms with E-state index in [2.05, 4.69) is 59.7 Å². The average molecular weight is 392 g/mol. The summed E-state index contributed by atoms with van der Waals surface area (Å²) in [6.07, 6.45) is 4.89. The number of nitrogens with zero attached hydrogens (tertiary/aromatic N) is 2. The van der Waals surface area contributed by atoms with Gasteiger partial charge in [-0.3, -0.25) is 0 Å². The second-order valence-electron chi connectivity index (χ2n) is 7.93. The fraction of sp³-hybridized carbons (Fsp3) is 0.417. The lowest BCUT2D eigenvalue weighted by Gasteiger charge is -2.22. The number of benzene rings is 2. The molecule has 152 valence electrons. The predicted molar refractivity (Wildman–Crippen MR) is 115 cm³/mol. The second kappa shape index (κ2) is 8.37. The molecule has 3 atom stereocenters. The third kappa shape index (κ3) is 3.92. The number of nitrogens with one attached hydrogen (secondary N) is 1. The van der Waals surface area contributed by atoms with E-state index < -0.39 is 0 Å². The van der Waals surface area contributed by atoms with Crippen molar-refractivity contribution in [2.45, 2.75) is 58.2 Å². The zero-order valence-corrected chi connectivity index (χ0v) is 17.4. The van der Waals surface area contributed by atoms with Gasteiger partial charge in [0.05, 0.1) is 18.6 Å². The lowest BCUT2D eigenvalue weighted by Crippen LogP contribution is -2.29. The number of ether oxygens (including phenoxy) is 1. The van der Waals surface area contributed by atoms with Crippen molar-refractivity contribution in [1.29, 1.82) is 0 Å². The first kappa shape index (κ1) is 19.6. The molecular formula is C24H29N3O2. The zero-order valence-electron chi connectivity index (χ0n) is 17.4. The van der Waals surface area contributed by atoms with Crippen molar-refractivity contribution in [3.63, 3.8) is 0 Å². The van der Waals surface area contributed by atoms with Crippen LogP contribution in [0.4, 0.5) is 0 Å². The van der Waals surface area contributed by atoms with Crippen LogP contribution in [0.3, 0.4) is 0 Å². The highest BCUT2D eigenvalue weighted by Crippen LogP contribution is 2.34. The topological polar surface area (TPSA) is 56.1 Å². The lowest BCUT2D eigenvalue weighted by atomic mass is 9.99. The van der Waals surface area contributed by atoms with Crippen LogP contribution in [-0.4, -0.2) is 28.2 Å². The van der Waals surface area contributed by atoms with Gasteiger partial charge in [0.15, 0.2) is 5.69 Å². The minimum absolute atomic E-state index is 0.263. The van der Waals surface area contributed by atoms with Gasteiger partial charge in [-0.15, -0.1) is 0 Å². The Morgan fingerprint density at radius 2 is 2.03 bits per heavy atom. The van der Waals surface area contributed by atoms with Gasteiger partial charge < -0.3 is 14.6 Å². The summed E-state index contributed by atoms with van der Waals surface area (Å²) in [6.45, 7) is 6.31. The normalized spacial score (nSPS) is 20.1. The molecule has 1 aromatic heterocycles. The molecule has 1 aliphatic carbocycles. The number of fused-ring (bicyclic) bond motifs is 1. The Labute approximate surface area is 172 Å². The van der Waals surface area contributed by atoms with Crippen LogP contribution in [0.15, 0.2) is 48.8 Å². The van der Waals surface area contributed by atoms with Crippen LogP contribution in [0.1, 0.15) is 66.9 Å². The summed E-state index contributed by atoms with van der Waals surface area (Å²) in [4.78, 5) is 16.7. The standard InChI is InChI=1S/C24H29N3O2/c1-4-29-24(28)23-17(3)25-15-27(23)20-13-12-19(14-20)26-16(2)21-11-7-9-18-8-5-6-10-22(18)21/h5-11,15-16,19-20,26H,4,12-14H2,1-3H3. The van der Waals surface area contributed by atoms with E-state index in [0.717, 1.165) is 25.0 Å². The van der Waals surface area contributed by atoms with Gasteiger partial charge >= 0.3 is 5.97 Å². The van der Waals surface area contributed by atoms with Crippen LogP contribution in [-0.2, 0) is 4.74 Å². The molecule has 0 spiro atoms. The summed E-state index contributed by atoms with van der Waals surface area (Å²) in [5, 5.41) is 6.40. The number of carbonyl (C=O) groups is 1. The van der Waals surface area contributed by atoms with Gasteiger partial charge in [-0.25, -0.2) is 9.78 Å². The molecule has 0 radical (unpaired) electrons. The van der Waals surface area contributed by atoms with Crippen LogP contribution in [0.25, 0.3) is 10.8 Å². The van der Waals surface area contributed by atoms with E-state index in [9.17, 15) is 4.79 Å². The Hall–Kier alpha value is -2.66. The summed E-state index contributed by atoms with van der Waals surface area (Å²) in [6, 6.07) is 16.0. The molecule has 3 aromatic rings. The van der Waals surface area contributed by atoms with Crippen LogP contribution < -0.4 is 5.32 Å².